The summed E-state index contributed by atoms with van der Waals surface area (Å²) in [4.78, 5) is 23.9. The number of nitrogens with two attached hydrogens (primary N) is 1. The Morgan fingerprint density at radius 2 is 1.62 bits per heavy atom. The van der Waals surface area contributed by atoms with Gasteiger partial charge in [0.1, 0.15) is 22.7 Å². The van der Waals surface area contributed by atoms with Gasteiger partial charge in [-0.25, -0.2) is 36.5 Å². The number of thiazole rings is 1. The van der Waals surface area contributed by atoms with Crippen LogP contribution in [-0.4, -0.2) is 35.3 Å². The molecular weight excluding hydrogens is 589 g/mol. The normalized spacial score (nSPS) is 12.1. The summed E-state index contributed by atoms with van der Waals surface area (Å²) >= 11 is 1.20. The smallest absolute Gasteiger partial charge is 0.267 e. The van der Waals surface area contributed by atoms with Gasteiger partial charge in [-0.1, -0.05) is 42.5 Å². The molecule has 0 saturated carbocycles. The molecule has 214 valence electrons. The second-order valence-electron chi connectivity index (χ2n) is 8.92. The SMILES string of the molecule is C[C@@H](Nc1nccc(-c2sc(-c3ccccc3)nc2-c2cccc(NS(=O)(=O)c3c(F)cccc3F)c2F)n1)C(N)=O. The Hall–Kier alpha value is -4.82. The number of carbonyl (C=O) groups is 1. The molecule has 1 amide bonds. The molecule has 2 aromatic heterocycles. The van der Waals surface area contributed by atoms with Crippen LogP contribution in [0.1, 0.15) is 6.92 Å². The average Bonchev–Trinajstić information content (AvgIpc) is 3.40. The summed E-state index contributed by atoms with van der Waals surface area (Å²) in [5.74, 6) is -4.21. The molecule has 0 aliphatic rings. The molecule has 1 atom stereocenters. The predicted octanol–water partition coefficient (Wildman–Crippen LogP) is 5.44. The Labute approximate surface area is 242 Å². The Balaban J connectivity index is 1.62. The first-order valence-corrected chi connectivity index (χ1v) is 14.6. The second kappa shape index (κ2) is 11.6. The first kappa shape index (κ1) is 28.7. The lowest BCUT2D eigenvalue weighted by molar-refractivity contribution is -0.118. The summed E-state index contributed by atoms with van der Waals surface area (Å²) in [5, 5.41) is 3.31. The number of halogens is 3. The van der Waals surface area contributed by atoms with E-state index < -0.39 is 50.0 Å². The number of nitrogens with one attached hydrogen (secondary N) is 2. The number of benzene rings is 3. The molecule has 0 radical (unpaired) electrons. The molecule has 42 heavy (non-hydrogen) atoms. The van der Waals surface area contributed by atoms with Crippen LogP contribution < -0.4 is 15.8 Å². The summed E-state index contributed by atoms with van der Waals surface area (Å²) in [7, 11) is -4.84. The number of nitrogens with zero attached hydrogens (tertiary/aromatic N) is 3. The highest BCUT2D eigenvalue weighted by Gasteiger charge is 2.27. The van der Waals surface area contributed by atoms with Crippen molar-refractivity contribution in [1.29, 1.82) is 0 Å². The minimum atomic E-state index is -4.84. The molecule has 0 unspecified atom stereocenters. The van der Waals surface area contributed by atoms with Crippen molar-refractivity contribution in [2.24, 2.45) is 5.73 Å². The molecular formula is C28H21F3N6O3S2. The number of anilines is 2. The third-order valence-electron chi connectivity index (χ3n) is 5.99. The van der Waals surface area contributed by atoms with E-state index in [2.05, 4.69) is 20.3 Å². The van der Waals surface area contributed by atoms with Gasteiger partial charge in [0, 0.05) is 17.3 Å². The van der Waals surface area contributed by atoms with Crippen LogP contribution in [0.15, 0.2) is 83.9 Å². The molecule has 0 aliphatic carbocycles. The highest BCUT2D eigenvalue weighted by Crippen LogP contribution is 2.42. The van der Waals surface area contributed by atoms with Gasteiger partial charge in [-0.2, -0.15) is 0 Å². The van der Waals surface area contributed by atoms with E-state index in [4.69, 9.17) is 5.73 Å². The van der Waals surface area contributed by atoms with E-state index in [0.717, 1.165) is 29.8 Å². The molecule has 0 bridgehead atoms. The predicted molar refractivity (Wildman–Crippen MR) is 153 cm³/mol. The number of hydrogen-bond acceptors (Lipinski definition) is 8. The molecule has 0 fully saturated rings. The number of aromatic nitrogens is 3. The van der Waals surface area contributed by atoms with Crippen LogP contribution in [0.5, 0.6) is 0 Å². The van der Waals surface area contributed by atoms with Crippen LogP contribution in [0.2, 0.25) is 0 Å². The summed E-state index contributed by atoms with van der Waals surface area (Å²) in [6.45, 7) is 1.54. The van der Waals surface area contributed by atoms with Crippen molar-refractivity contribution in [3.05, 3.63) is 96.4 Å². The van der Waals surface area contributed by atoms with Crippen molar-refractivity contribution in [2.75, 3.05) is 10.0 Å². The highest BCUT2D eigenvalue weighted by atomic mass is 32.2. The number of sulfonamides is 1. The van der Waals surface area contributed by atoms with Crippen molar-refractivity contribution in [1.82, 2.24) is 15.0 Å². The van der Waals surface area contributed by atoms with Crippen molar-refractivity contribution in [3.8, 4) is 32.4 Å². The van der Waals surface area contributed by atoms with Gasteiger partial charge in [-0.3, -0.25) is 9.52 Å². The maximum absolute atomic E-state index is 16.0. The summed E-state index contributed by atoms with van der Waals surface area (Å²) < 4.78 is 72.2. The lowest BCUT2D eigenvalue weighted by Crippen LogP contribution is -2.33. The van der Waals surface area contributed by atoms with Gasteiger partial charge >= 0.3 is 0 Å². The topological polar surface area (TPSA) is 140 Å². The fraction of sp³-hybridized carbons (Fsp3) is 0.0714. The number of rotatable bonds is 9. The molecule has 5 aromatic rings. The van der Waals surface area contributed by atoms with E-state index in [1.807, 2.05) is 35.1 Å². The van der Waals surface area contributed by atoms with E-state index in [9.17, 15) is 22.0 Å². The minimum absolute atomic E-state index is 0.0910. The van der Waals surface area contributed by atoms with Gasteiger partial charge in [-0.15, -0.1) is 11.3 Å². The fourth-order valence-corrected chi connectivity index (χ4v) is 6.18. The highest BCUT2D eigenvalue weighted by molar-refractivity contribution is 7.92. The molecule has 0 saturated heterocycles. The van der Waals surface area contributed by atoms with Gasteiger partial charge in [0.15, 0.2) is 10.7 Å². The summed E-state index contributed by atoms with van der Waals surface area (Å²) in [6.07, 6.45) is 1.44. The Morgan fingerprint density at radius 3 is 2.31 bits per heavy atom. The monoisotopic (exact) mass is 610 g/mol. The molecule has 3 aromatic carbocycles. The quantitative estimate of drug-likeness (QED) is 0.202. The van der Waals surface area contributed by atoms with Crippen LogP contribution in [0.3, 0.4) is 0 Å². The molecule has 9 nitrogen and oxygen atoms in total. The number of hydrogen-bond donors (Lipinski definition) is 3. The van der Waals surface area contributed by atoms with E-state index in [1.54, 1.807) is 13.0 Å². The third-order valence-corrected chi connectivity index (χ3v) is 8.54. The molecule has 0 spiro atoms. The maximum atomic E-state index is 16.0. The van der Waals surface area contributed by atoms with E-state index in [-0.39, 0.29) is 17.2 Å². The van der Waals surface area contributed by atoms with E-state index >= 15 is 4.39 Å². The second-order valence-corrected chi connectivity index (χ2v) is 11.5. The van der Waals surface area contributed by atoms with Crippen LogP contribution in [-0.2, 0) is 14.8 Å². The van der Waals surface area contributed by atoms with Crippen LogP contribution in [0.4, 0.5) is 24.8 Å². The number of carbonyl (C=O) groups excluding carboxylic acids is 1. The summed E-state index contributed by atoms with van der Waals surface area (Å²) in [5.41, 5.74) is 5.88. The van der Waals surface area contributed by atoms with Crippen molar-refractivity contribution in [3.63, 3.8) is 0 Å². The molecule has 0 aliphatic heterocycles. The van der Waals surface area contributed by atoms with Crippen LogP contribution >= 0.6 is 11.3 Å². The Kier molecular flexibility index (Phi) is 7.91. The Bertz CT molecular complexity index is 1880. The number of primary amides is 1. The third kappa shape index (κ3) is 5.80. The first-order chi connectivity index (χ1) is 20.0. The fourth-order valence-electron chi connectivity index (χ4n) is 3.93. The van der Waals surface area contributed by atoms with Gasteiger partial charge in [0.2, 0.25) is 11.9 Å². The largest absolute Gasteiger partial charge is 0.368 e. The lowest BCUT2D eigenvalue weighted by Gasteiger charge is -2.13. The molecule has 2 heterocycles. The summed E-state index contributed by atoms with van der Waals surface area (Å²) in [6, 6.07) is 16.3. The Morgan fingerprint density at radius 1 is 0.929 bits per heavy atom. The van der Waals surface area contributed by atoms with Gasteiger partial charge in [-0.05, 0) is 37.3 Å². The van der Waals surface area contributed by atoms with Crippen molar-refractivity contribution < 1.29 is 26.4 Å². The number of amides is 1. The van der Waals surface area contributed by atoms with Crippen molar-refractivity contribution in [2.45, 2.75) is 17.9 Å². The zero-order valence-corrected chi connectivity index (χ0v) is 23.3. The van der Waals surface area contributed by atoms with E-state index in [1.165, 1.54) is 29.7 Å². The van der Waals surface area contributed by atoms with Gasteiger partial charge < -0.3 is 11.1 Å². The lowest BCUT2D eigenvalue weighted by atomic mass is 10.1. The van der Waals surface area contributed by atoms with Gasteiger partial charge in [0.25, 0.3) is 10.0 Å². The standard InChI is InChI=1S/C28H21F3N6O3S2/c1-15(26(32)38)34-28-33-14-13-21(35-28)24-23(36-27(41-24)16-7-3-2-4-8-16)17-9-5-12-20(22(17)31)37-42(39,40)25-18(29)10-6-11-19(25)30/h2-15,37H,1H3,(H2,32,38)(H,33,34,35)/t15-/m1/s1. The van der Waals surface area contributed by atoms with Gasteiger partial charge in [0.05, 0.1) is 22.0 Å². The molecule has 4 N–H and O–H groups in total. The van der Waals surface area contributed by atoms with Crippen molar-refractivity contribution >= 4 is 38.9 Å². The van der Waals surface area contributed by atoms with E-state index in [0.29, 0.717) is 15.6 Å². The minimum Gasteiger partial charge on any atom is -0.368 e. The zero-order chi connectivity index (χ0) is 30.0. The average molecular weight is 611 g/mol. The maximum Gasteiger partial charge on any atom is 0.267 e. The molecule has 14 heteroatoms. The first-order valence-electron chi connectivity index (χ1n) is 12.3. The van der Waals surface area contributed by atoms with Crippen LogP contribution in [0.25, 0.3) is 32.4 Å². The van der Waals surface area contributed by atoms with Crippen LogP contribution in [0, 0.1) is 17.5 Å². The zero-order valence-electron chi connectivity index (χ0n) is 21.7. The molecule has 5 rings (SSSR count).